The lowest BCUT2D eigenvalue weighted by molar-refractivity contribution is 0.0113. The Balaban J connectivity index is 1.80. The van der Waals surface area contributed by atoms with Gasteiger partial charge in [-0.25, -0.2) is 0 Å². The molecule has 4 unspecified atom stereocenters. The van der Waals surface area contributed by atoms with E-state index in [1.807, 2.05) is 0 Å². The van der Waals surface area contributed by atoms with Crippen LogP contribution in [-0.4, -0.2) is 37.6 Å². The highest BCUT2D eigenvalue weighted by Crippen LogP contribution is 2.25. The van der Waals surface area contributed by atoms with Gasteiger partial charge in [0.2, 0.25) is 0 Å². The van der Waals surface area contributed by atoms with Crippen LogP contribution in [0, 0.1) is 0 Å². The average Bonchev–Trinajstić information content (AvgIpc) is 3.37. The molecule has 2 saturated heterocycles. The average molecular weight is 294 g/mol. The lowest BCUT2D eigenvalue weighted by Gasteiger charge is -2.18. The van der Waals surface area contributed by atoms with Gasteiger partial charge in [-0.05, 0) is 12.8 Å². The van der Waals surface area contributed by atoms with E-state index in [9.17, 15) is 0 Å². The molecule has 0 saturated carbocycles. The fourth-order valence-corrected chi connectivity index (χ4v) is 2.29. The van der Waals surface area contributed by atoms with E-state index in [1.165, 1.54) is 25.7 Å². The van der Waals surface area contributed by atoms with Crippen molar-refractivity contribution in [1.82, 2.24) is 0 Å². The lowest BCUT2D eigenvalue weighted by atomic mass is 10.1. The van der Waals surface area contributed by atoms with Gasteiger partial charge in [-0.3, -0.25) is 0 Å². The number of rotatable bonds is 12. The van der Waals surface area contributed by atoms with E-state index in [-0.39, 0.29) is 24.4 Å². The molecule has 0 spiro atoms. The maximum absolute atomic E-state index is 6.24. The van der Waals surface area contributed by atoms with Gasteiger partial charge in [-0.15, -0.1) is 0 Å². The van der Waals surface area contributed by atoms with Crippen molar-refractivity contribution in [3.05, 3.63) is 24.3 Å². The van der Waals surface area contributed by atoms with Crippen LogP contribution in [0.15, 0.2) is 24.3 Å². The number of unbranched alkanes of at least 4 members (excludes halogenated alkanes) is 4. The zero-order chi connectivity index (χ0) is 14.9. The monoisotopic (exact) mass is 294 g/mol. The summed E-state index contributed by atoms with van der Waals surface area (Å²) in [4.78, 5) is 0. The smallest absolute Gasteiger partial charge is 0.111 e. The van der Waals surface area contributed by atoms with Crippen molar-refractivity contribution in [2.75, 3.05) is 13.2 Å². The van der Waals surface area contributed by atoms with Crippen LogP contribution in [0.2, 0.25) is 0 Å². The van der Waals surface area contributed by atoms with Crippen molar-refractivity contribution in [3.8, 4) is 0 Å². The molecule has 0 aromatic heterocycles. The van der Waals surface area contributed by atoms with Gasteiger partial charge in [0.15, 0.2) is 0 Å². The zero-order valence-electron chi connectivity index (χ0n) is 13.5. The fourth-order valence-electron chi connectivity index (χ4n) is 2.29. The Morgan fingerprint density at radius 3 is 1.67 bits per heavy atom. The van der Waals surface area contributed by atoms with Gasteiger partial charge in [0.1, 0.15) is 24.4 Å². The van der Waals surface area contributed by atoms with Gasteiger partial charge >= 0.3 is 0 Å². The summed E-state index contributed by atoms with van der Waals surface area (Å²) >= 11 is 0. The van der Waals surface area contributed by atoms with E-state index in [2.05, 4.69) is 38.2 Å². The Hall–Kier alpha value is -0.640. The van der Waals surface area contributed by atoms with E-state index in [0.717, 1.165) is 26.1 Å². The van der Waals surface area contributed by atoms with Crippen LogP contribution in [0.4, 0.5) is 0 Å². The van der Waals surface area contributed by atoms with Crippen LogP contribution < -0.4 is 0 Å². The Bertz CT molecular complexity index is 297. The third-order valence-corrected chi connectivity index (χ3v) is 3.87. The first-order chi connectivity index (χ1) is 10.3. The van der Waals surface area contributed by atoms with Crippen molar-refractivity contribution in [1.29, 1.82) is 0 Å². The fraction of sp³-hybridized carbons (Fsp3) is 0.778. The molecule has 21 heavy (non-hydrogen) atoms. The molecular weight excluding hydrogens is 264 g/mol. The molecule has 4 atom stereocenters. The van der Waals surface area contributed by atoms with E-state index < -0.39 is 0 Å². The van der Waals surface area contributed by atoms with Crippen molar-refractivity contribution < 1.29 is 14.2 Å². The van der Waals surface area contributed by atoms with E-state index in [0.29, 0.717) is 0 Å². The molecule has 3 nitrogen and oxygen atoms in total. The molecule has 2 rings (SSSR count). The minimum absolute atomic E-state index is 0.0758. The summed E-state index contributed by atoms with van der Waals surface area (Å²) in [5.74, 6) is 0. The molecule has 2 aliphatic rings. The topological polar surface area (TPSA) is 34.3 Å². The Morgan fingerprint density at radius 2 is 1.33 bits per heavy atom. The van der Waals surface area contributed by atoms with Crippen molar-refractivity contribution in [3.63, 3.8) is 0 Å². The van der Waals surface area contributed by atoms with E-state index in [1.54, 1.807) is 0 Å². The maximum Gasteiger partial charge on any atom is 0.111 e. The quantitative estimate of drug-likeness (QED) is 0.309. The number of allylic oxidation sites excluding steroid dienone is 2. The van der Waals surface area contributed by atoms with Gasteiger partial charge in [-0.2, -0.15) is 0 Å². The highest BCUT2D eigenvalue weighted by atomic mass is 16.6. The zero-order valence-corrected chi connectivity index (χ0v) is 13.5. The molecule has 0 radical (unpaired) electrons. The molecule has 0 aromatic carbocycles. The second-order valence-corrected chi connectivity index (χ2v) is 5.95. The summed E-state index contributed by atoms with van der Waals surface area (Å²) in [6.07, 6.45) is 16.7. The molecule has 0 bridgehead atoms. The molecular formula is C18H30O3. The third kappa shape index (κ3) is 6.77. The van der Waals surface area contributed by atoms with Gasteiger partial charge < -0.3 is 14.2 Å². The molecule has 2 aliphatic heterocycles. The minimum Gasteiger partial charge on any atom is -0.370 e. The summed E-state index contributed by atoms with van der Waals surface area (Å²) < 4.78 is 17.1. The number of ether oxygens (including phenoxy) is 3. The van der Waals surface area contributed by atoms with Crippen LogP contribution in [0.25, 0.3) is 0 Å². The predicted octanol–water partition coefficient (Wildman–Crippen LogP) is 4.03. The largest absolute Gasteiger partial charge is 0.370 e. The van der Waals surface area contributed by atoms with Crippen LogP contribution in [-0.2, 0) is 14.2 Å². The molecule has 0 aliphatic carbocycles. The second kappa shape index (κ2) is 9.39. The molecule has 0 aromatic rings. The van der Waals surface area contributed by atoms with Crippen LogP contribution in [0.1, 0.15) is 52.4 Å². The summed E-state index contributed by atoms with van der Waals surface area (Å²) in [7, 11) is 0. The normalized spacial score (nSPS) is 27.3. The Labute approximate surface area is 129 Å². The van der Waals surface area contributed by atoms with Gasteiger partial charge in [-0.1, -0.05) is 63.8 Å². The Morgan fingerprint density at radius 1 is 0.905 bits per heavy atom. The molecule has 2 fully saturated rings. The molecule has 3 heteroatoms. The first kappa shape index (κ1) is 16.7. The van der Waals surface area contributed by atoms with Gasteiger partial charge in [0.05, 0.1) is 13.2 Å². The van der Waals surface area contributed by atoms with E-state index >= 15 is 0 Å². The summed E-state index contributed by atoms with van der Waals surface area (Å²) in [6, 6.07) is 0. The SMILES string of the molecule is CCCCC=CC(OC(C=CCCCC)C1CO1)C1CO1. The standard InChI is InChI=1S/C18H30O3/c1-3-5-7-9-11-15(17-13-19-17)21-16(18-14-20-18)12-10-8-6-4-2/h9-12,15-18H,3-8,13-14H2,1-2H3. The van der Waals surface area contributed by atoms with Gasteiger partial charge in [0.25, 0.3) is 0 Å². The highest BCUT2D eigenvalue weighted by molar-refractivity contribution is 5.03. The molecule has 0 amide bonds. The van der Waals surface area contributed by atoms with Crippen molar-refractivity contribution >= 4 is 0 Å². The van der Waals surface area contributed by atoms with Crippen molar-refractivity contribution in [2.24, 2.45) is 0 Å². The maximum atomic E-state index is 6.24. The van der Waals surface area contributed by atoms with Crippen molar-refractivity contribution in [2.45, 2.75) is 76.8 Å². The third-order valence-electron chi connectivity index (χ3n) is 3.87. The number of hydrogen-bond donors (Lipinski definition) is 0. The first-order valence-electron chi connectivity index (χ1n) is 8.57. The number of hydrogen-bond acceptors (Lipinski definition) is 3. The molecule has 120 valence electrons. The lowest BCUT2D eigenvalue weighted by Crippen LogP contribution is -2.27. The van der Waals surface area contributed by atoms with Gasteiger partial charge in [0, 0.05) is 0 Å². The summed E-state index contributed by atoms with van der Waals surface area (Å²) in [5, 5.41) is 0. The Kier molecular flexibility index (Phi) is 7.48. The highest BCUT2D eigenvalue weighted by Gasteiger charge is 2.38. The van der Waals surface area contributed by atoms with Crippen LogP contribution in [0.5, 0.6) is 0 Å². The molecule has 0 N–H and O–H groups in total. The first-order valence-corrected chi connectivity index (χ1v) is 8.57. The number of epoxide rings is 2. The molecule has 2 heterocycles. The predicted molar refractivity (Wildman–Crippen MR) is 85.5 cm³/mol. The van der Waals surface area contributed by atoms with Crippen LogP contribution in [0.3, 0.4) is 0 Å². The van der Waals surface area contributed by atoms with E-state index in [4.69, 9.17) is 14.2 Å². The minimum atomic E-state index is 0.0758. The van der Waals surface area contributed by atoms with Crippen LogP contribution >= 0.6 is 0 Å². The second-order valence-electron chi connectivity index (χ2n) is 5.95. The summed E-state index contributed by atoms with van der Waals surface area (Å²) in [5.41, 5.74) is 0. The summed E-state index contributed by atoms with van der Waals surface area (Å²) in [6.45, 7) is 6.07.